The summed E-state index contributed by atoms with van der Waals surface area (Å²) in [5, 5.41) is 24.1. The third kappa shape index (κ3) is 3.86. The van der Waals surface area contributed by atoms with E-state index in [1.807, 2.05) is 0 Å². The van der Waals surface area contributed by atoms with Gasteiger partial charge in [0, 0.05) is 18.7 Å². The number of anilines is 1. The van der Waals surface area contributed by atoms with E-state index in [1.165, 1.54) is 18.2 Å². The second-order valence-electron chi connectivity index (χ2n) is 4.07. The highest BCUT2D eigenvalue weighted by atomic mass is 35.5. The number of halogens is 1. The predicted molar refractivity (Wildman–Crippen MR) is 76.3 cm³/mol. The van der Waals surface area contributed by atoms with Gasteiger partial charge in [-0.15, -0.1) is 0 Å². The highest BCUT2D eigenvalue weighted by Crippen LogP contribution is 2.21. The number of pyridine rings is 1. The Balaban J connectivity index is 2.09. The van der Waals surface area contributed by atoms with E-state index in [9.17, 15) is 20.2 Å². The largest absolute Gasteiger partial charge is 0.366 e. The molecule has 2 rings (SSSR count). The molecule has 1 heterocycles. The molecule has 0 unspecified atom stereocenters. The van der Waals surface area contributed by atoms with Gasteiger partial charge in [0.25, 0.3) is 11.4 Å². The molecule has 0 bridgehead atoms. The molecule has 2 aromatic rings. The zero-order valence-corrected chi connectivity index (χ0v) is 11.3. The Kier molecular flexibility index (Phi) is 4.29. The average Bonchev–Trinajstić information content (AvgIpc) is 2.45. The summed E-state index contributed by atoms with van der Waals surface area (Å²) in [5.41, 5.74) is 0.599. The fourth-order valence-electron chi connectivity index (χ4n) is 1.61. The summed E-state index contributed by atoms with van der Waals surface area (Å²) in [6, 6.07) is 8.35. The van der Waals surface area contributed by atoms with Crippen LogP contribution in [0.5, 0.6) is 0 Å². The van der Waals surface area contributed by atoms with Gasteiger partial charge in [0.2, 0.25) is 0 Å². The van der Waals surface area contributed by atoms with Crippen molar-refractivity contribution in [2.75, 3.05) is 5.32 Å². The minimum atomic E-state index is -0.565. The zero-order valence-electron chi connectivity index (χ0n) is 10.5. The molecule has 0 aliphatic heterocycles. The third-order valence-electron chi connectivity index (χ3n) is 2.61. The lowest BCUT2D eigenvalue weighted by atomic mass is 10.2. The maximum atomic E-state index is 10.7. The summed E-state index contributed by atoms with van der Waals surface area (Å²) in [6.07, 6.45) is 0. The van der Waals surface area contributed by atoms with Crippen LogP contribution in [0.3, 0.4) is 0 Å². The van der Waals surface area contributed by atoms with Crippen molar-refractivity contribution in [3.63, 3.8) is 0 Å². The Morgan fingerprint density at radius 2 is 1.67 bits per heavy atom. The molecule has 0 spiro atoms. The molecule has 9 heteroatoms. The van der Waals surface area contributed by atoms with Gasteiger partial charge >= 0.3 is 0 Å². The summed E-state index contributed by atoms with van der Waals surface area (Å²) < 4.78 is 0. The molecule has 1 N–H and O–H groups in total. The van der Waals surface area contributed by atoms with Crippen molar-refractivity contribution in [1.29, 1.82) is 0 Å². The van der Waals surface area contributed by atoms with Crippen molar-refractivity contribution in [1.82, 2.24) is 4.98 Å². The number of non-ortho nitro benzene ring substituents is 1. The molecule has 0 aliphatic carbocycles. The van der Waals surface area contributed by atoms with Crippen LogP contribution in [0.1, 0.15) is 5.56 Å². The lowest BCUT2D eigenvalue weighted by Crippen LogP contribution is -2.02. The van der Waals surface area contributed by atoms with Crippen LogP contribution in [0.25, 0.3) is 0 Å². The van der Waals surface area contributed by atoms with E-state index in [0.717, 1.165) is 11.6 Å². The normalized spacial score (nSPS) is 10.1. The summed E-state index contributed by atoms with van der Waals surface area (Å²) >= 11 is 5.70. The molecule has 0 radical (unpaired) electrons. The first-order valence-electron chi connectivity index (χ1n) is 5.75. The first-order chi connectivity index (χ1) is 9.95. The van der Waals surface area contributed by atoms with Gasteiger partial charge < -0.3 is 5.32 Å². The SMILES string of the molecule is O=[N+]([O-])c1ccc(CNc2cc([N+](=O)[O-])cc(Cl)n2)cc1. The van der Waals surface area contributed by atoms with E-state index in [2.05, 4.69) is 10.3 Å². The molecule has 108 valence electrons. The van der Waals surface area contributed by atoms with E-state index in [-0.39, 0.29) is 22.3 Å². The van der Waals surface area contributed by atoms with Crippen LogP contribution in [0.4, 0.5) is 17.2 Å². The van der Waals surface area contributed by atoms with E-state index < -0.39 is 9.85 Å². The second kappa shape index (κ2) is 6.14. The van der Waals surface area contributed by atoms with E-state index in [1.54, 1.807) is 12.1 Å². The van der Waals surface area contributed by atoms with Gasteiger partial charge in [0.05, 0.1) is 22.0 Å². The fraction of sp³-hybridized carbons (Fsp3) is 0.0833. The topological polar surface area (TPSA) is 111 Å². The number of nitrogens with zero attached hydrogens (tertiary/aromatic N) is 3. The van der Waals surface area contributed by atoms with Gasteiger partial charge in [-0.25, -0.2) is 4.98 Å². The maximum Gasteiger partial charge on any atom is 0.276 e. The molecule has 0 fully saturated rings. The molecule has 0 amide bonds. The van der Waals surface area contributed by atoms with Crippen LogP contribution in [0.2, 0.25) is 5.15 Å². The summed E-state index contributed by atoms with van der Waals surface area (Å²) in [7, 11) is 0. The molecule has 0 aliphatic rings. The first-order valence-corrected chi connectivity index (χ1v) is 6.12. The Morgan fingerprint density at radius 1 is 1.05 bits per heavy atom. The van der Waals surface area contributed by atoms with Crippen LogP contribution in [0.15, 0.2) is 36.4 Å². The summed E-state index contributed by atoms with van der Waals surface area (Å²) in [6.45, 7) is 0.308. The smallest absolute Gasteiger partial charge is 0.276 e. The standard InChI is InChI=1S/C12H9ClN4O4/c13-11-5-10(17(20)21)6-12(15-11)14-7-8-1-3-9(4-2-8)16(18)19/h1-6H,7H2,(H,14,15). The van der Waals surface area contributed by atoms with Gasteiger partial charge in [0.15, 0.2) is 0 Å². The van der Waals surface area contributed by atoms with E-state index >= 15 is 0 Å². The fourth-order valence-corrected chi connectivity index (χ4v) is 1.81. The highest BCUT2D eigenvalue weighted by Gasteiger charge is 2.10. The van der Waals surface area contributed by atoms with Crippen molar-refractivity contribution in [3.8, 4) is 0 Å². The molecular formula is C12H9ClN4O4. The molecule has 0 saturated heterocycles. The van der Waals surface area contributed by atoms with Crippen LogP contribution < -0.4 is 5.32 Å². The lowest BCUT2D eigenvalue weighted by Gasteiger charge is -2.06. The quantitative estimate of drug-likeness (QED) is 0.516. The number of rotatable bonds is 5. The molecule has 1 aromatic heterocycles. The monoisotopic (exact) mass is 308 g/mol. The average molecular weight is 309 g/mol. The first kappa shape index (κ1) is 14.7. The van der Waals surface area contributed by atoms with E-state index in [0.29, 0.717) is 6.54 Å². The van der Waals surface area contributed by atoms with Gasteiger partial charge in [0.1, 0.15) is 11.0 Å². The Hall–Kier alpha value is -2.74. The van der Waals surface area contributed by atoms with Crippen LogP contribution in [-0.4, -0.2) is 14.8 Å². The van der Waals surface area contributed by atoms with Crippen molar-refractivity contribution in [2.24, 2.45) is 0 Å². The number of hydrogen-bond acceptors (Lipinski definition) is 6. The maximum absolute atomic E-state index is 10.7. The van der Waals surface area contributed by atoms with Crippen LogP contribution in [-0.2, 0) is 6.54 Å². The molecular weight excluding hydrogens is 300 g/mol. The minimum Gasteiger partial charge on any atom is -0.366 e. The third-order valence-corrected chi connectivity index (χ3v) is 2.80. The van der Waals surface area contributed by atoms with Gasteiger partial charge in [-0.05, 0) is 5.56 Å². The van der Waals surface area contributed by atoms with Gasteiger partial charge in [-0.3, -0.25) is 20.2 Å². The molecule has 8 nitrogen and oxygen atoms in total. The van der Waals surface area contributed by atoms with Crippen LogP contribution in [0, 0.1) is 20.2 Å². The number of aromatic nitrogens is 1. The Labute approximate surface area is 123 Å². The predicted octanol–water partition coefficient (Wildman–Crippen LogP) is 3.16. The number of nitro groups is 2. The zero-order chi connectivity index (χ0) is 15.4. The molecule has 1 aromatic carbocycles. The second-order valence-corrected chi connectivity index (χ2v) is 4.45. The van der Waals surface area contributed by atoms with Crippen LogP contribution >= 0.6 is 11.6 Å². The number of hydrogen-bond donors (Lipinski definition) is 1. The van der Waals surface area contributed by atoms with Gasteiger partial charge in [-0.2, -0.15) is 0 Å². The van der Waals surface area contributed by atoms with Crippen molar-refractivity contribution in [3.05, 3.63) is 67.3 Å². The summed E-state index contributed by atoms with van der Waals surface area (Å²) in [4.78, 5) is 24.1. The van der Waals surface area contributed by atoms with Crippen molar-refractivity contribution in [2.45, 2.75) is 6.54 Å². The minimum absolute atomic E-state index is 0.00438. The number of nitro benzene ring substituents is 1. The van der Waals surface area contributed by atoms with Gasteiger partial charge in [-0.1, -0.05) is 23.7 Å². The van der Waals surface area contributed by atoms with E-state index in [4.69, 9.17) is 11.6 Å². The molecule has 0 saturated carbocycles. The van der Waals surface area contributed by atoms with Crippen molar-refractivity contribution < 1.29 is 9.85 Å². The molecule has 0 atom stereocenters. The lowest BCUT2D eigenvalue weighted by molar-refractivity contribution is -0.385. The Morgan fingerprint density at radius 3 is 2.24 bits per heavy atom. The number of benzene rings is 1. The highest BCUT2D eigenvalue weighted by molar-refractivity contribution is 6.29. The summed E-state index contributed by atoms with van der Waals surface area (Å²) in [5.74, 6) is 0.257. The van der Waals surface area contributed by atoms with Crippen molar-refractivity contribution >= 4 is 28.8 Å². The molecule has 21 heavy (non-hydrogen) atoms. The number of nitrogens with one attached hydrogen (secondary N) is 1. The Bertz CT molecular complexity index is 690.